The van der Waals surface area contributed by atoms with Crippen LogP contribution in [0.25, 0.3) is 0 Å². The van der Waals surface area contributed by atoms with E-state index in [1.807, 2.05) is 0 Å². The fraction of sp³-hybridized carbons (Fsp3) is 0.182. The van der Waals surface area contributed by atoms with Crippen LogP contribution in [-0.4, -0.2) is 17.4 Å². The molecule has 0 unspecified atom stereocenters. The molecule has 0 atom stereocenters. The number of nitro groups is 1. The van der Waals surface area contributed by atoms with Gasteiger partial charge < -0.3 is 11.1 Å². The smallest absolute Gasteiger partial charge is 0.293 e. The van der Waals surface area contributed by atoms with Gasteiger partial charge in [0.15, 0.2) is 0 Å². The molecule has 94 valence electrons. The van der Waals surface area contributed by atoms with Crippen LogP contribution in [0.5, 0.6) is 0 Å². The monoisotopic (exact) mass is 251 g/mol. The van der Waals surface area contributed by atoms with Crippen molar-refractivity contribution < 1.29 is 14.1 Å². The largest absolute Gasteiger partial charge is 0.393 e. The zero-order valence-electron chi connectivity index (χ0n) is 9.49. The highest BCUT2D eigenvalue weighted by molar-refractivity contribution is 5.73. The van der Waals surface area contributed by atoms with E-state index in [-0.39, 0.29) is 23.7 Å². The van der Waals surface area contributed by atoms with Crippen LogP contribution in [0.2, 0.25) is 0 Å². The lowest BCUT2D eigenvalue weighted by Crippen LogP contribution is -2.19. The Labute approximate surface area is 102 Å². The van der Waals surface area contributed by atoms with Crippen LogP contribution in [0.4, 0.5) is 15.8 Å². The van der Waals surface area contributed by atoms with Gasteiger partial charge in [-0.3, -0.25) is 14.9 Å². The summed E-state index contributed by atoms with van der Waals surface area (Å²) >= 11 is 0. The normalized spacial score (nSPS) is 9.22. The molecule has 18 heavy (non-hydrogen) atoms. The molecule has 0 radical (unpaired) electrons. The number of rotatable bonds is 2. The number of anilines is 1. The molecule has 0 saturated carbocycles. The molecule has 0 bridgehead atoms. The van der Waals surface area contributed by atoms with E-state index >= 15 is 0 Å². The molecule has 1 aromatic rings. The lowest BCUT2D eigenvalue weighted by Gasteiger charge is -1.99. The number of hydrogen-bond acceptors (Lipinski definition) is 4. The number of nitrogen functional groups attached to an aromatic ring is 1. The first kappa shape index (κ1) is 13.4. The molecule has 0 aliphatic rings. The Kier molecular flexibility index (Phi) is 4.21. The predicted molar refractivity (Wildman–Crippen MR) is 63.0 cm³/mol. The minimum Gasteiger partial charge on any atom is -0.393 e. The number of amides is 1. The van der Waals surface area contributed by atoms with Gasteiger partial charge in [0, 0.05) is 19.1 Å². The van der Waals surface area contributed by atoms with Gasteiger partial charge in [-0.1, -0.05) is 11.8 Å². The van der Waals surface area contributed by atoms with Gasteiger partial charge in [-0.2, -0.15) is 0 Å². The molecule has 0 aromatic heterocycles. The maximum absolute atomic E-state index is 13.4. The van der Waals surface area contributed by atoms with E-state index in [9.17, 15) is 19.3 Å². The predicted octanol–water partition coefficient (Wildman–Crippen LogP) is 0.804. The highest BCUT2D eigenvalue weighted by atomic mass is 19.1. The summed E-state index contributed by atoms with van der Waals surface area (Å²) in [6.45, 7) is 1.35. The van der Waals surface area contributed by atoms with Crippen molar-refractivity contribution in [2.24, 2.45) is 0 Å². The molecule has 0 heterocycles. The van der Waals surface area contributed by atoms with Gasteiger partial charge in [0.1, 0.15) is 11.5 Å². The van der Waals surface area contributed by atoms with Gasteiger partial charge in [-0.05, 0) is 0 Å². The zero-order valence-corrected chi connectivity index (χ0v) is 9.49. The summed E-state index contributed by atoms with van der Waals surface area (Å²) in [5, 5.41) is 13.0. The van der Waals surface area contributed by atoms with E-state index < -0.39 is 16.4 Å². The van der Waals surface area contributed by atoms with Gasteiger partial charge in [0.2, 0.25) is 5.91 Å². The van der Waals surface area contributed by atoms with Crippen molar-refractivity contribution in [1.82, 2.24) is 5.32 Å². The van der Waals surface area contributed by atoms with E-state index in [0.29, 0.717) is 0 Å². The molecule has 1 aromatic carbocycles. The molecule has 0 aliphatic heterocycles. The van der Waals surface area contributed by atoms with Crippen molar-refractivity contribution in [3.63, 3.8) is 0 Å². The molecule has 0 spiro atoms. The number of nitrogens with one attached hydrogen (secondary N) is 1. The standard InChI is InChI=1S/C11H10FN3O3/c1-7(16)14-4-2-3-8-5-11(15(17)18)10(13)6-9(8)12/h5-6H,4,13H2,1H3,(H,14,16). The summed E-state index contributed by atoms with van der Waals surface area (Å²) in [5.41, 5.74) is 4.50. The minimum atomic E-state index is -0.742. The second-order valence-electron chi connectivity index (χ2n) is 3.36. The third kappa shape index (κ3) is 3.45. The maximum Gasteiger partial charge on any atom is 0.293 e. The molecule has 6 nitrogen and oxygen atoms in total. The van der Waals surface area contributed by atoms with Crippen LogP contribution >= 0.6 is 0 Å². The van der Waals surface area contributed by atoms with Crippen LogP contribution in [0, 0.1) is 27.8 Å². The summed E-state index contributed by atoms with van der Waals surface area (Å²) in [6.07, 6.45) is 0. The Balaban J connectivity index is 2.98. The molecule has 1 rings (SSSR count). The van der Waals surface area contributed by atoms with Crippen molar-refractivity contribution in [2.75, 3.05) is 12.3 Å². The Morgan fingerprint density at radius 2 is 2.28 bits per heavy atom. The number of benzene rings is 1. The maximum atomic E-state index is 13.4. The summed E-state index contributed by atoms with van der Waals surface area (Å²) in [5.74, 6) is 3.85. The molecule has 0 saturated heterocycles. The first-order chi connectivity index (χ1) is 8.41. The van der Waals surface area contributed by atoms with E-state index in [1.165, 1.54) is 6.92 Å². The average Bonchev–Trinajstić information content (AvgIpc) is 2.25. The van der Waals surface area contributed by atoms with Crippen LogP contribution in [0.1, 0.15) is 12.5 Å². The van der Waals surface area contributed by atoms with Gasteiger partial charge in [0.25, 0.3) is 5.69 Å². The number of nitro benzene ring substituents is 1. The van der Waals surface area contributed by atoms with Gasteiger partial charge in [-0.15, -0.1) is 0 Å². The van der Waals surface area contributed by atoms with E-state index in [1.54, 1.807) is 0 Å². The summed E-state index contributed by atoms with van der Waals surface area (Å²) in [6, 6.07) is 1.81. The lowest BCUT2D eigenvalue weighted by molar-refractivity contribution is -0.384. The summed E-state index contributed by atoms with van der Waals surface area (Å²) in [4.78, 5) is 20.4. The van der Waals surface area contributed by atoms with E-state index in [2.05, 4.69) is 17.2 Å². The third-order valence-electron chi connectivity index (χ3n) is 1.96. The fourth-order valence-corrected chi connectivity index (χ4v) is 1.14. The topological polar surface area (TPSA) is 98.3 Å². The van der Waals surface area contributed by atoms with Crippen molar-refractivity contribution in [3.8, 4) is 11.8 Å². The van der Waals surface area contributed by atoms with Crippen LogP contribution < -0.4 is 11.1 Å². The van der Waals surface area contributed by atoms with Crippen molar-refractivity contribution in [1.29, 1.82) is 0 Å². The number of carbonyl (C=O) groups is 1. The minimum absolute atomic E-state index is 0.0347. The average molecular weight is 251 g/mol. The number of halogens is 1. The number of hydrogen-bond donors (Lipinski definition) is 2. The Morgan fingerprint density at radius 1 is 1.61 bits per heavy atom. The molecule has 0 fully saturated rings. The highest BCUT2D eigenvalue weighted by Gasteiger charge is 2.15. The zero-order chi connectivity index (χ0) is 13.7. The number of nitrogens with two attached hydrogens (primary N) is 1. The van der Waals surface area contributed by atoms with Crippen molar-refractivity contribution in [2.45, 2.75) is 6.92 Å². The van der Waals surface area contributed by atoms with E-state index in [4.69, 9.17) is 5.73 Å². The third-order valence-corrected chi connectivity index (χ3v) is 1.96. The fourth-order valence-electron chi connectivity index (χ4n) is 1.14. The Hall–Kier alpha value is -2.62. The van der Waals surface area contributed by atoms with Crippen LogP contribution in [0.3, 0.4) is 0 Å². The van der Waals surface area contributed by atoms with Gasteiger partial charge in [-0.25, -0.2) is 4.39 Å². The quantitative estimate of drug-likeness (QED) is 0.351. The highest BCUT2D eigenvalue weighted by Crippen LogP contribution is 2.24. The number of carbonyl (C=O) groups excluding carboxylic acids is 1. The van der Waals surface area contributed by atoms with Crippen LogP contribution in [-0.2, 0) is 4.79 Å². The van der Waals surface area contributed by atoms with E-state index in [0.717, 1.165) is 12.1 Å². The number of nitrogens with zero attached hydrogens (tertiary/aromatic N) is 1. The molecule has 3 N–H and O–H groups in total. The van der Waals surface area contributed by atoms with Crippen molar-refractivity contribution in [3.05, 3.63) is 33.6 Å². The SMILES string of the molecule is CC(=O)NCC#Cc1cc([N+](=O)[O-])c(N)cc1F. The van der Waals surface area contributed by atoms with Gasteiger partial charge in [0.05, 0.1) is 17.0 Å². The van der Waals surface area contributed by atoms with Gasteiger partial charge >= 0.3 is 0 Å². The first-order valence-electron chi connectivity index (χ1n) is 4.88. The molecular formula is C11H10FN3O3. The first-order valence-corrected chi connectivity index (χ1v) is 4.88. The Morgan fingerprint density at radius 3 is 2.83 bits per heavy atom. The summed E-state index contributed by atoms with van der Waals surface area (Å²) in [7, 11) is 0. The molecule has 7 heteroatoms. The van der Waals surface area contributed by atoms with Crippen molar-refractivity contribution >= 4 is 17.3 Å². The Bertz CT molecular complexity index is 561. The second-order valence-corrected chi connectivity index (χ2v) is 3.36. The second kappa shape index (κ2) is 5.63. The molecular weight excluding hydrogens is 241 g/mol. The van der Waals surface area contributed by atoms with Crippen LogP contribution in [0.15, 0.2) is 12.1 Å². The summed E-state index contributed by atoms with van der Waals surface area (Å²) < 4.78 is 13.4. The molecule has 1 amide bonds. The molecule has 0 aliphatic carbocycles. The lowest BCUT2D eigenvalue weighted by atomic mass is 10.1.